The number of rotatable bonds is 7. The van der Waals surface area contributed by atoms with Crippen LogP contribution in [0.5, 0.6) is 5.75 Å². The molecule has 0 heterocycles. The normalized spacial score (nSPS) is 11.3. The molecule has 2 amide bonds. The number of hydrogen-bond donors (Lipinski definition) is 1. The molecule has 126 valence electrons. The number of nitrogens with zero attached hydrogens (tertiary/aromatic N) is 1. The molecule has 8 heteroatoms. The highest BCUT2D eigenvalue weighted by atomic mass is 35.5. The van der Waals surface area contributed by atoms with E-state index in [1.165, 1.54) is 21.0 Å². The van der Waals surface area contributed by atoms with Crippen LogP contribution >= 0.6 is 11.6 Å². The highest BCUT2D eigenvalue weighted by Gasteiger charge is 2.19. The molecule has 1 atom stereocenters. The number of esters is 1. The van der Waals surface area contributed by atoms with Crippen LogP contribution in [0.1, 0.15) is 6.92 Å². The van der Waals surface area contributed by atoms with Gasteiger partial charge in [-0.3, -0.25) is 9.59 Å². The van der Waals surface area contributed by atoms with Gasteiger partial charge in [0.25, 0.3) is 5.91 Å². The molecule has 1 N–H and O–H groups in total. The van der Waals surface area contributed by atoms with Crippen LogP contribution in [0.3, 0.4) is 0 Å². The molecule has 0 aliphatic carbocycles. The molecule has 1 aromatic rings. The van der Waals surface area contributed by atoms with Gasteiger partial charge in [0, 0.05) is 19.1 Å². The summed E-state index contributed by atoms with van der Waals surface area (Å²) in [5.74, 6) is -1.02. The van der Waals surface area contributed by atoms with Crippen molar-refractivity contribution < 1.29 is 23.9 Å². The second-order valence-corrected chi connectivity index (χ2v) is 5.18. The van der Waals surface area contributed by atoms with E-state index in [-0.39, 0.29) is 12.5 Å². The fraction of sp³-hybridized carbons (Fsp3) is 0.400. The predicted molar refractivity (Wildman–Crippen MR) is 84.2 cm³/mol. The summed E-state index contributed by atoms with van der Waals surface area (Å²) in [5, 5.41) is 2.95. The van der Waals surface area contributed by atoms with Crippen LogP contribution in [0.25, 0.3) is 0 Å². The van der Waals surface area contributed by atoms with Crippen molar-refractivity contribution in [2.45, 2.75) is 13.0 Å². The van der Waals surface area contributed by atoms with E-state index in [1.54, 1.807) is 24.3 Å². The zero-order chi connectivity index (χ0) is 17.4. The Hall–Kier alpha value is -2.28. The maximum Gasteiger partial charge on any atom is 0.347 e. The summed E-state index contributed by atoms with van der Waals surface area (Å²) in [4.78, 5) is 35.8. The molecule has 0 saturated carbocycles. The minimum absolute atomic E-state index is 0.107. The minimum atomic E-state index is -0.881. The van der Waals surface area contributed by atoms with E-state index in [2.05, 4.69) is 5.32 Å². The summed E-state index contributed by atoms with van der Waals surface area (Å²) in [6, 6.07) is 6.50. The van der Waals surface area contributed by atoms with Crippen LogP contribution in [0, 0.1) is 0 Å². The lowest BCUT2D eigenvalue weighted by Gasteiger charge is -2.17. The molecule has 23 heavy (non-hydrogen) atoms. The van der Waals surface area contributed by atoms with Gasteiger partial charge in [0.15, 0.2) is 12.7 Å². The first-order valence-electron chi connectivity index (χ1n) is 6.87. The Labute approximate surface area is 139 Å². The molecule has 0 fully saturated rings. The van der Waals surface area contributed by atoms with Gasteiger partial charge in [-0.25, -0.2) is 4.79 Å². The third-order valence-electron chi connectivity index (χ3n) is 2.88. The number of carbonyl (C=O) groups excluding carboxylic acids is 3. The number of hydrogen-bond acceptors (Lipinski definition) is 5. The minimum Gasteiger partial charge on any atom is -0.479 e. The molecule has 1 rings (SSSR count). The molecular weight excluding hydrogens is 324 g/mol. The van der Waals surface area contributed by atoms with Gasteiger partial charge in [-0.15, -0.1) is 0 Å². The summed E-state index contributed by atoms with van der Waals surface area (Å²) in [7, 11) is 2.91. The number of benzene rings is 1. The molecule has 7 nitrogen and oxygen atoms in total. The lowest BCUT2D eigenvalue weighted by atomic mass is 10.3. The van der Waals surface area contributed by atoms with E-state index in [0.29, 0.717) is 10.8 Å². The average molecular weight is 343 g/mol. The smallest absolute Gasteiger partial charge is 0.347 e. The number of nitrogens with one attached hydrogen (secondary N) is 1. The summed E-state index contributed by atoms with van der Waals surface area (Å²) >= 11 is 5.75. The first-order chi connectivity index (χ1) is 10.8. The Morgan fingerprint density at radius 3 is 2.43 bits per heavy atom. The van der Waals surface area contributed by atoms with Crippen molar-refractivity contribution in [3.63, 3.8) is 0 Å². The number of carbonyl (C=O) groups is 3. The molecule has 0 aliphatic rings. The van der Waals surface area contributed by atoms with Crippen LogP contribution in [0.2, 0.25) is 5.02 Å². The van der Waals surface area contributed by atoms with Crippen LogP contribution < -0.4 is 10.1 Å². The Bertz CT molecular complexity index is 561. The fourth-order valence-corrected chi connectivity index (χ4v) is 1.63. The Morgan fingerprint density at radius 1 is 1.26 bits per heavy atom. The van der Waals surface area contributed by atoms with Crippen LogP contribution in [0.15, 0.2) is 24.3 Å². The highest BCUT2D eigenvalue weighted by molar-refractivity contribution is 6.30. The zero-order valence-corrected chi connectivity index (χ0v) is 13.9. The van der Waals surface area contributed by atoms with E-state index in [1.807, 2.05) is 0 Å². The summed E-state index contributed by atoms with van der Waals surface area (Å²) < 4.78 is 10.3. The SMILES string of the molecule is CNC(=O)CN(C)C(=O)COC(=O)[C@@H](C)Oc1ccc(Cl)cc1. The molecule has 0 spiro atoms. The number of amides is 2. The van der Waals surface area contributed by atoms with E-state index >= 15 is 0 Å². The van der Waals surface area contributed by atoms with Gasteiger partial charge >= 0.3 is 5.97 Å². The van der Waals surface area contributed by atoms with E-state index in [4.69, 9.17) is 21.1 Å². The monoisotopic (exact) mass is 342 g/mol. The van der Waals surface area contributed by atoms with Crippen LogP contribution in [-0.2, 0) is 19.1 Å². The van der Waals surface area contributed by atoms with Crippen molar-refractivity contribution in [3.05, 3.63) is 29.3 Å². The van der Waals surface area contributed by atoms with E-state index in [9.17, 15) is 14.4 Å². The quantitative estimate of drug-likeness (QED) is 0.743. The van der Waals surface area contributed by atoms with Gasteiger partial charge in [-0.1, -0.05) is 11.6 Å². The van der Waals surface area contributed by atoms with Crippen LogP contribution in [-0.4, -0.2) is 56.0 Å². The summed E-state index contributed by atoms with van der Waals surface area (Å²) in [6.07, 6.45) is -0.881. The number of halogens is 1. The average Bonchev–Trinajstić information content (AvgIpc) is 2.53. The van der Waals surface area contributed by atoms with E-state index < -0.39 is 24.6 Å². The lowest BCUT2D eigenvalue weighted by Crippen LogP contribution is -2.39. The largest absolute Gasteiger partial charge is 0.479 e. The predicted octanol–water partition coefficient (Wildman–Crippen LogP) is 0.855. The maximum absolute atomic E-state index is 11.8. The highest BCUT2D eigenvalue weighted by Crippen LogP contribution is 2.17. The molecule has 0 aliphatic heterocycles. The summed E-state index contributed by atoms with van der Waals surface area (Å²) in [5.41, 5.74) is 0. The van der Waals surface area contributed by atoms with Crippen molar-refractivity contribution >= 4 is 29.4 Å². The Kier molecular flexibility index (Phi) is 7.34. The lowest BCUT2D eigenvalue weighted by molar-refractivity contribution is -0.157. The van der Waals surface area contributed by atoms with Gasteiger partial charge in [-0.2, -0.15) is 0 Å². The molecule has 0 radical (unpaired) electrons. The molecule has 0 aromatic heterocycles. The molecule has 1 aromatic carbocycles. The first kappa shape index (κ1) is 18.8. The fourth-order valence-electron chi connectivity index (χ4n) is 1.51. The van der Waals surface area contributed by atoms with Crippen molar-refractivity contribution in [2.75, 3.05) is 27.2 Å². The zero-order valence-electron chi connectivity index (χ0n) is 13.2. The van der Waals surface area contributed by atoms with E-state index in [0.717, 1.165) is 4.90 Å². The summed E-state index contributed by atoms with van der Waals surface area (Å²) in [6.45, 7) is 0.944. The number of ether oxygens (including phenoxy) is 2. The van der Waals surface area contributed by atoms with Gasteiger partial charge in [0.05, 0.1) is 6.54 Å². The maximum atomic E-state index is 11.8. The van der Waals surface area contributed by atoms with Gasteiger partial charge in [-0.05, 0) is 31.2 Å². The Morgan fingerprint density at radius 2 is 1.87 bits per heavy atom. The van der Waals surface area contributed by atoms with Gasteiger partial charge in [0.1, 0.15) is 5.75 Å². The molecule has 0 unspecified atom stereocenters. The van der Waals surface area contributed by atoms with Crippen LogP contribution in [0.4, 0.5) is 0 Å². The standard InChI is InChI=1S/C15H19ClN2O5/c1-10(23-12-6-4-11(16)5-7-12)15(21)22-9-14(20)18(3)8-13(19)17-2/h4-7,10H,8-9H2,1-3H3,(H,17,19)/t10-/m1/s1. The number of likely N-dealkylation sites (N-methyl/N-ethyl adjacent to an activating group) is 2. The first-order valence-corrected chi connectivity index (χ1v) is 7.24. The molecule has 0 bridgehead atoms. The molecular formula is C15H19ClN2O5. The van der Waals surface area contributed by atoms with Crippen molar-refractivity contribution in [3.8, 4) is 5.75 Å². The third kappa shape index (κ3) is 6.56. The second-order valence-electron chi connectivity index (χ2n) is 4.74. The van der Waals surface area contributed by atoms with Gasteiger partial charge < -0.3 is 19.7 Å². The molecule has 0 saturated heterocycles. The van der Waals surface area contributed by atoms with Crippen molar-refractivity contribution in [1.29, 1.82) is 0 Å². The third-order valence-corrected chi connectivity index (χ3v) is 3.13. The topological polar surface area (TPSA) is 84.9 Å². The second kappa shape index (κ2) is 8.99. The van der Waals surface area contributed by atoms with Crippen molar-refractivity contribution in [1.82, 2.24) is 10.2 Å². The van der Waals surface area contributed by atoms with Crippen molar-refractivity contribution in [2.24, 2.45) is 0 Å². The van der Waals surface area contributed by atoms with Gasteiger partial charge in [0.2, 0.25) is 5.91 Å². The Balaban J connectivity index is 2.41.